The zero-order valence-corrected chi connectivity index (χ0v) is 21.3. The Morgan fingerprint density at radius 3 is 2.24 bits per heavy atom. The minimum atomic E-state index is -4.33. The molecule has 2 heterocycles. The van der Waals surface area contributed by atoms with Gasteiger partial charge in [0, 0.05) is 26.2 Å². The highest BCUT2D eigenvalue weighted by Gasteiger charge is 2.35. The number of sulfonamides is 1. The number of amides is 1. The normalized spacial score (nSPS) is 16.6. The Kier molecular flexibility index (Phi) is 6.44. The molecule has 0 radical (unpaired) electrons. The van der Waals surface area contributed by atoms with Crippen LogP contribution >= 0.6 is 0 Å². The first-order valence-corrected chi connectivity index (χ1v) is 14.1. The van der Waals surface area contributed by atoms with Crippen molar-refractivity contribution in [2.75, 3.05) is 13.1 Å². The van der Waals surface area contributed by atoms with Crippen LogP contribution in [0.1, 0.15) is 32.6 Å². The summed E-state index contributed by atoms with van der Waals surface area (Å²) >= 11 is 0. The molecule has 37 heavy (non-hydrogen) atoms. The summed E-state index contributed by atoms with van der Waals surface area (Å²) in [6.07, 6.45) is 0.941. The molecule has 2 aliphatic rings. The second-order valence-electron chi connectivity index (χ2n) is 9.03. The summed E-state index contributed by atoms with van der Waals surface area (Å²) in [6.45, 7) is 0.586. The van der Waals surface area contributed by atoms with Gasteiger partial charge in [0.1, 0.15) is 15.9 Å². The van der Waals surface area contributed by atoms with Crippen LogP contribution in [0.15, 0.2) is 58.3 Å². The number of aromatic hydroxyl groups is 3. The van der Waals surface area contributed by atoms with E-state index >= 15 is 0 Å². The van der Waals surface area contributed by atoms with E-state index in [1.165, 1.54) is 9.21 Å². The number of nitrogens with two attached hydrogens (primary N) is 1. The smallest absolute Gasteiger partial charge is 0.258 e. The van der Waals surface area contributed by atoms with Gasteiger partial charge in [-0.1, -0.05) is 30.3 Å². The summed E-state index contributed by atoms with van der Waals surface area (Å²) < 4.78 is 39.9. The summed E-state index contributed by atoms with van der Waals surface area (Å²) in [5, 5.41) is 36.9. The summed E-state index contributed by atoms with van der Waals surface area (Å²) in [7, 11) is -6.03. The molecule has 1 atom stereocenters. The fourth-order valence-electron chi connectivity index (χ4n) is 4.80. The van der Waals surface area contributed by atoms with E-state index in [4.69, 9.17) is 5.14 Å². The second kappa shape index (κ2) is 9.45. The van der Waals surface area contributed by atoms with Crippen molar-refractivity contribution in [2.45, 2.75) is 35.7 Å². The summed E-state index contributed by atoms with van der Waals surface area (Å²) in [4.78, 5) is 14.5. The zero-order chi connectivity index (χ0) is 26.5. The Morgan fingerprint density at radius 2 is 1.51 bits per heavy atom. The Bertz CT molecular complexity index is 1560. The topological polar surface area (TPSA) is 161 Å². The standard InChI is InChI=1S/C25H25N3O7S2/c26-36(33)19-6-5-16-7-9-27(13-18(16)11-19)25(32)20-12-21(23(30)24(31)22(20)29)37(34,35)28-10-8-15-3-1-2-4-17(15)14-28/h1-6,11-12,29-31H,7-10,13-14,26H2. The molecule has 3 aromatic rings. The molecule has 1 amide bonds. The lowest BCUT2D eigenvalue weighted by Crippen LogP contribution is -2.37. The first kappa shape index (κ1) is 25.2. The van der Waals surface area contributed by atoms with Gasteiger partial charge >= 0.3 is 0 Å². The Hall–Kier alpha value is -3.45. The van der Waals surface area contributed by atoms with E-state index < -0.39 is 54.6 Å². The van der Waals surface area contributed by atoms with Crippen LogP contribution in [0.4, 0.5) is 0 Å². The number of fused-ring (bicyclic) bond motifs is 2. The van der Waals surface area contributed by atoms with Crippen molar-refractivity contribution in [3.8, 4) is 17.2 Å². The molecule has 0 aliphatic carbocycles. The van der Waals surface area contributed by atoms with Gasteiger partial charge in [-0.15, -0.1) is 0 Å². The molecule has 194 valence electrons. The van der Waals surface area contributed by atoms with Crippen molar-refractivity contribution < 1.29 is 32.7 Å². The van der Waals surface area contributed by atoms with E-state index in [1.54, 1.807) is 24.3 Å². The number of nitrogens with zero attached hydrogens (tertiary/aromatic N) is 2. The number of phenols is 3. The van der Waals surface area contributed by atoms with E-state index in [2.05, 4.69) is 0 Å². The zero-order valence-electron chi connectivity index (χ0n) is 19.6. The van der Waals surface area contributed by atoms with Crippen LogP contribution in [0.3, 0.4) is 0 Å². The molecule has 5 N–H and O–H groups in total. The minimum absolute atomic E-state index is 0.0661. The van der Waals surface area contributed by atoms with E-state index in [0.717, 1.165) is 28.3 Å². The average molecular weight is 544 g/mol. The molecular formula is C25H25N3O7S2. The van der Waals surface area contributed by atoms with Crippen molar-refractivity contribution in [3.63, 3.8) is 0 Å². The first-order chi connectivity index (χ1) is 17.6. The highest BCUT2D eigenvalue weighted by Crippen LogP contribution is 2.44. The SMILES string of the molecule is NS(=O)c1ccc2c(c1)CN(C(=O)c1cc(S(=O)(=O)N3CCc4ccccc4C3)c(O)c(O)c1O)CC2. The van der Waals surface area contributed by atoms with E-state index in [0.29, 0.717) is 17.7 Å². The van der Waals surface area contributed by atoms with Crippen molar-refractivity contribution in [3.05, 3.63) is 76.3 Å². The highest BCUT2D eigenvalue weighted by molar-refractivity contribution is 7.89. The number of phenolic OH excluding ortho intramolecular Hbond substituents is 3. The van der Waals surface area contributed by atoms with Crippen LogP contribution in [0.25, 0.3) is 0 Å². The second-order valence-corrected chi connectivity index (χ2v) is 12.0. The van der Waals surface area contributed by atoms with Gasteiger partial charge < -0.3 is 20.2 Å². The van der Waals surface area contributed by atoms with Crippen LogP contribution in [0.5, 0.6) is 17.2 Å². The van der Waals surface area contributed by atoms with Gasteiger partial charge in [0.25, 0.3) is 5.91 Å². The molecule has 0 aromatic heterocycles. The van der Waals surface area contributed by atoms with Gasteiger partial charge in [0.05, 0.1) is 10.5 Å². The maximum Gasteiger partial charge on any atom is 0.258 e. The van der Waals surface area contributed by atoms with Crippen molar-refractivity contribution >= 4 is 26.9 Å². The molecule has 1 unspecified atom stereocenters. The van der Waals surface area contributed by atoms with Crippen LogP contribution in [-0.4, -0.2) is 56.1 Å². The fourth-order valence-corrected chi connectivity index (χ4v) is 6.79. The number of hydrogen-bond donors (Lipinski definition) is 4. The van der Waals surface area contributed by atoms with E-state index in [-0.39, 0.29) is 26.2 Å². The fraction of sp³-hybridized carbons (Fsp3) is 0.240. The lowest BCUT2D eigenvalue weighted by Gasteiger charge is -2.30. The van der Waals surface area contributed by atoms with Gasteiger partial charge in [-0.2, -0.15) is 4.31 Å². The maximum atomic E-state index is 13.5. The van der Waals surface area contributed by atoms with Crippen LogP contribution < -0.4 is 5.14 Å². The number of carbonyl (C=O) groups is 1. The van der Waals surface area contributed by atoms with E-state index in [1.807, 2.05) is 18.2 Å². The summed E-state index contributed by atoms with van der Waals surface area (Å²) in [5.41, 5.74) is 3.06. The molecule has 0 fully saturated rings. The van der Waals surface area contributed by atoms with Crippen molar-refractivity contribution in [1.29, 1.82) is 0 Å². The van der Waals surface area contributed by atoms with Gasteiger partial charge in [-0.05, 0) is 53.3 Å². The van der Waals surface area contributed by atoms with Gasteiger partial charge in [-0.3, -0.25) is 4.79 Å². The lowest BCUT2D eigenvalue weighted by atomic mass is 9.99. The first-order valence-electron chi connectivity index (χ1n) is 11.5. The largest absolute Gasteiger partial charge is 0.504 e. The van der Waals surface area contributed by atoms with Gasteiger partial charge in [0.15, 0.2) is 11.5 Å². The predicted molar refractivity (Wildman–Crippen MR) is 135 cm³/mol. The molecule has 5 rings (SSSR count). The summed E-state index contributed by atoms with van der Waals surface area (Å²) in [5.74, 6) is -3.74. The third kappa shape index (κ3) is 4.46. The quantitative estimate of drug-likeness (QED) is 0.364. The third-order valence-electron chi connectivity index (χ3n) is 6.87. The third-order valence-corrected chi connectivity index (χ3v) is 9.44. The molecule has 0 bridgehead atoms. The minimum Gasteiger partial charge on any atom is -0.504 e. The molecular weight excluding hydrogens is 518 g/mol. The predicted octanol–water partition coefficient (Wildman–Crippen LogP) is 1.73. The molecule has 3 aromatic carbocycles. The molecule has 12 heteroatoms. The van der Waals surface area contributed by atoms with Crippen molar-refractivity contribution in [2.24, 2.45) is 5.14 Å². The molecule has 2 aliphatic heterocycles. The number of carbonyl (C=O) groups excluding carboxylic acids is 1. The number of hydrogen-bond acceptors (Lipinski definition) is 7. The van der Waals surface area contributed by atoms with Crippen LogP contribution in [0, 0.1) is 0 Å². The monoisotopic (exact) mass is 543 g/mol. The van der Waals surface area contributed by atoms with Crippen LogP contribution in [0.2, 0.25) is 0 Å². The maximum absolute atomic E-state index is 13.5. The molecule has 0 saturated carbocycles. The molecule has 0 saturated heterocycles. The Morgan fingerprint density at radius 1 is 0.838 bits per heavy atom. The Labute approximate surface area is 216 Å². The van der Waals surface area contributed by atoms with Crippen molar-refractivity contribution in [1.82, 2.24) is 9.21 Å². The lowest BCUT2D eigenvalue weighted by molar-refractivity contribution is 0.0730. The number of rotatable bonds is 4. The molecule has 10 nitrogen and oxygen atoms in total. The Balaban J connectivity index is 1.49. The number of benzene rings is 3. The average Bonchev–Trinajstić information content (AvgIpc) is 2.90. The van der Waals surface area contributed by atoms with E-state index in [9.17, 15) is 32.7 Å². The van der Waals surface area contributed by atoms with Crippen LogP contribution in [-0.2, 0) is 46.9 Å². The van der Waals surface area contributed by atoms with Gasteiger partial charge in [-0.25, -0.2) is 17.8 Å². The molecule has 0 spiro atoms. The van der Waals surface area contributed by atoms with Gasteiger partial charge in [0.2, 0.25) is 15.8 Å². The highest BCUT2D eigenvalue weighted by atomic mass is 32.2. The summed E-state index contributed by atoms with van der Waals surface area (Å²) in [6, 6.07) is 13.4.